The number of benzene rings is 1. The number of anilines is 1. The number of hydrogen-bond donors (Lipinski definition) is 2. The summed E-state index contributed by atoms with van der Waals surface area (Å²) in [4.78, 5) is 10.8. The van der Waals surface area contributed by atoms with E-state index in [1.54, 1.807) is 19.2 Å². The van der Waals surface area contributed by atoms with Crippen LogP contribution in [-0.2, 0) is 0 Å². The van der Waals surface area contributed by atoms with Gasteiger partial charge in [-0.25, -0.2) is 9.10 Å². The van der Waals surface area contributed by atoms with E-state index in [-0.39, 0.29) is 0 Å². The van der Waals surface area contributed by atoms with E-state index < -0.39 is 6.03 Å². The first-order chi connectivity index (χ1) is 6.56. The van der Waals surface area contributed by atoms with Gasteiger partial charge in [-0.2, -0.15) is 0 Å². The molecule has 0 heterocycles. The fraction of sp³-hybridized carbons (Fsp3) is 0.222. The van der Waals surface area contributed by atoms with Gasteiger partial charge in [-0.15, -0.1) is 0 Å². The van der Waals surface area contributed by atoms with Crippen molar-refractivity contribution in [3.63, 3.8) is 0 Å². The number of nitrogens with two attached hydrogens (primary N) is 1. The van der Waals surface area contributed by atoms with Gasteiger partial charge in [0.25, 0.3) is 0 Å². The minimum atomic E-state index is -0.610. The standard InChI is InChI=1S/C9H12N2O2S/c1-6-5-7(13-2)3-4-8(6)11(14)9(10)12/h3-5,14H,1-2H3,(H2,10,12). The number of aryl methyl sites for hydroxylation is 1. The highest BCUT2D eigenvalue weighted by Crippen LogP contribution is 2.25. The van der Waals surface area contributed by atoms with Crippen molar-refractivity contribution in [2.45, 2.75) is 6.92 Å². The van der Waals surface area contributed by atoms with Crippen molar-refractivity contribution in [1.29, 1.82) is 0 Å². The van der Waals surface area contributed by atoms with Gasteiger partial charge in [0.15, 0.2) is 0 Å². The van der Waals surface area contributed by atoms with E-state index in [2.05, 4.69) is 12.8 Å². The van der Waals surface area contributed by atoms with Crippen LogP contribution in [0.4, 0.5) is 10.5 Å². The molecule has 0 saturated heterocycles. The summed E-state index contributed by atoms with van der Waals surface area (Å²) in [5.74, 6) is 0.734. The highest BCUT2D eigenvalue weighted by molar-refractivity contribution is 7.82. The number of carbonyl (C=O) groups is 1. The number of urea groups is 1. The van der Waals surface area contributed by atoms with E-state index in [1.165, 1.54) is 0 Å². The molecule has 0 aromatic heterocycles. The zero-order chi connectivity index (χ0) is 10.7. The molecular formula is C9H12N2O2S. The molecule has 0 spiro atoms. The molecule has 1 aromatic carbocycles. The summed E-state index contributed by atoms with van der Waals surface area (Å²) in [5.41, 5.74) is 6.61. The zero-order valence-electron chi connectivity index (χ0n) is 8.02. The Morgan fingerprint density at radius 3 is 2.64 bits per heavy atom. The lowest BCUT2D eigenvalue weighted by Gasteiger charge is -2.15. The maximum absolute atomic E-state index is 10.8. The Labute approximate surface area is 88.2 Å². The van der Waals surface area contributed by atoms with E-state index in [9.17, 15) is 4.79 Å². The van der Waals surface area contributed by atoms with Crippen LogP contribution < -0.4 is 14.8 Å². The molecule has 0 aliphatic rings. The molecule has 5 heteroatoms. The maximum atomic E-state index is 10.8. The van der Waals surface area contributed by atoms with Gasteiger partial charge in [-0.1, -0.05) is 12.8 Å². The molecule has 0 aliphatic heterocycles. The number of hydrogen-bond acceptors (Lipinski definition) is 3. The van der Waals surface area contributed by atoms with Crippen LogP contribution in [0, 0.1) is 6.92 Å². The molecule has 0 atom stereocenters. The molecule has 0 radical (unpaired) electrons. The van der Waals surface area contributed by atoms with Gasteiger partial charge in [0.1, 0.15) is 5.75 Å². The summed E-state index contributed by atoms with van der Waals surface area (Å²) in [5, 5.41) is 0. The molecule has 14 heavy (non-hydrogen) atoms. The largest absolute Gasteiger partial charge is 0.497 e. The summed E-state index contributed by atoms with van der Waals surface area (Å²) in [6, 6.07) is 4.67. The zero-order valence-corrected chi connectivity index (χ0v) is 8.91. The van der Waals surface area contributed by atoms with Gasteiger partial charge in [0.2, 0.25) is 0 Å². The second-order valence-electron chi connectivity index (χ2n) is 2.80. The molecule has 4 nitrogen and oxygen atoms in total. The normalized spacial score (nSPS) is 9.64. The number of rotatable bonds is 2. The summed E-state index contributed by atoms with van der Waals surface area (Å²) in [7, 11) is 1.58. The number of ether oxygens (including phenoxy) is 1. The molecule has 0 bridgehead atoms. The van der Waals surface area contributed by atoms with E-state index in [0.29, 0.717) is 5.69 Å². The predicted molar refractivity (Wildman–Crippen MR) is 58.8 cm³/mol. The van der Waals surface area contributed by atoms with Gasteiger partial charge in [-0.05, 0) is 30.7 Å². The van der Waals surface area contributed by atoms with Gasteiger partial charge in [0, 0.05) is 0 Å². The molecule has 76 valence electrons. The Balaban J connectivity index is 3.05. The Kier molecular flexibility index (Phi) is 3.24. The number of carbonyl (C=O) groups excluding carboxylic acids is 1. The van der Waals surface area contributed by atoms with Crippen LogP contribution in [0.15, 0.2) is 18.2 Å². The smallest absolute Gasteiger partial charge is 0.329 e. The van der Waals surface area contributed by atoms with Crippen molar-refractivity contribution in [2.24, 2.45) is 5.73 Å². The quantitative estimate of drug-likeness (QED) is 0.733. The van der Waals surface area contributed by atoms with Crippen molar-refractivity contribution in [3.8, 4) is 5.75 Å². The number of methoxy groups -OCH3 is 1. The van der Waals surface area contributed by atoms with Crippen molar-refractivity contribution in [3.05, 3.63) is 23.8 Å². The number of primary amides is 1. The van der Waals surface area contributed by atoms with Crippen LogP contribution in [0.1, 0.15) is 5.56 Å². The third kappa shape index (κ3) is 2.11. The summed E-state index contributed by atoms with van der Waals surface area (Å²) < 4.78 is 6.12. The Morgan fingerprint density at radius 1 is 1.57 bits per heavy atom. The highest BCUT2D eigenvalue weighted by atomic mass is 32.1. The summed E-state index contributed by atoms with van der Waals surface area (Å²) in [6.45, 7) is 1.85. The molecule has 2 amide bonds. The van der Waals surface area contributed by atoms with Crippen molar-refractivity contribution >= 4 is 24.5 Å². The summed E-state index contributed by atoms with van der Waals surface area (Å²) in [6.07, 6.45) is 0. The first kappa shape index (κ1) is 10.7. The van der Waals surface area contributed by atoms with Gasteiger partial charge < -0.3 is 10.5 Å². The molecule has 1 aromatic rings. The number of amides is 2. The Bertz CT molecular complexity index is 355. The minimum absolute atomic E-state index is 0.610. The minimum Gasteiger partial charge on any atom is -0.497 e. The molecular weight excluding hydrogens is 200 g/mol. The molecule has 1 rings (SSSR count). The lowest BCUT2D eigenvalue weighted by Crippen LogP contribution is -2.27. The van der Waals surface area contributed by atoms with E-state index in [4.69, 9.17) is 10.5 Å². The van der Waals surface area contributed by atoms with Crippen LogP contribution in [0.2, 0.25) is 0 Å². The topological polar surface area (TPSA) is 55.6 Å². The van der Waals surface area contributed by atoms with Crippen molar-refractivity contribution in [1.82, 2.24) is 0 Å². The highest BCUT2D eigenvalue weighted by Gasteiger charge is 2.10. The Hall–Kier alpha value is -1.36. The third-order valence-electron chi connectivity index (χ3n) is 1.84. The molecule has 0 aliphatic carbocycles. The van der Waals surface area contributed by atoms with Gasteiger partial charge >= 0.3 is 6.03 Å². The third-order valence-corrected chi connectivity index (χ3v) is 2.25. The second-order valence-corrected chi connectivity index (χ2v) is 3.20. The first-order valence-electron chi connectivity index (χ1n) is 3.99. The fourth-order valence-electron chi connectivity index (χ4n) is 1.11. The van der Waals surface area contributed by atoms with Gasteiger partial charge in [0.05, 0.1) is 12.8 Å². The second kappa shape index (κ2) is 4.23. The lowest BCUT2D eigenvalue weighted by atomic mass is 10.2. The average molecular weight is 212 g/mol. The fourth-order valence-corrected chi connectivity index (χ4v) is 1.34. The molecule has 0 fully saturated rings. The number of nitrogens with zero attached hydrogens (tertiary/aromatic N) is 1. The maximum Gasteiger partial charge on any atom is 0.329 e. The first-order valence-corrected chi connectivity index (χ1v) is 4.39. The van der Waals surface area contributed by atoms with Crippen LogP contribution >= 0.6 is 12.8 Å². The molecule has 0 saturated carbocycles. The van der Waals surface area contributed by atoms with Crippen molar-refractivity contribution < 1.29 is 9.53 Å². The van der Waals surface area contributed by atoms with E-state index in [0.717, 1.165) is 15.6 Å². The van der Waals surface area contributed by atoms with E-state index >= 15 is 0 Å². The monoisotopic (exact) mass is 212 g/mol. The van der Waals surface area contributed by atoms with E-state index in [1.807, 2.05) is 13.0 Å². The lowest BCUT2D eigenvalue weighted by molar-refractivity contribution is 0.257. The van der Waals surface area contributed by atoms with Crippen LogP contribution in [0.5, 0.6) is 5.75 Å². The van der Waals surface area contributed by atoms with Crippen LogP contribution in [0.25, 0.3) is 0 Å². The Morgan fingerprint density at radius 2 is 2.21 bits per heavy atom. The number of thiol groups is 1. The predicted octanol–water partition coefficient (Wildman–Crippen LogP) is 1.73. The molecule has 2 N–H and O–H groups in total. The SMILES string of the molecule is COc1ccc(N(S)C(N)=O)c(C)c1. The molecule has 0 unspecified atom stereocenters. The van der Waals surface area contributed by atoms with Crippen LogP contribution in [-0.4, -0.2) is 13.1 Å². The average Bonchev–Trinajstić information content (AvgIpc) is 2.16. The summed E-state index contributed by atoms with van der Waals surface area (Å²) >= 11 is 3.97. The van der Waals surface area contributed by atoms with Gasteiger partial charge in [-0.3, -0.25) is 0 Å². The van der Waals surface area contributed by atoms with Crippen molar-refractivity contribution in [2.75, 3.05) is 11.4 Å². The van der Waals surface area contributed by atoms with Crippen LogP contribution in [0.3, 0.4) is 0 Å².